The molecule has 0 radical (unpaired) electrons. The summed E-state index contributed by atoms with van der Waals surface area (Å²) in [6.45, 7) is 1.06. The molecule has 2 atom stereocenters. The molecule has 19 heavy (non-hydrogen) atoms. The Hall–Kier alpha value is -1.35. The van der Waals surface area contributed by atoms with Gasteiger partial charge in [-0.1, -0.05) is 24.3 Å². The smallest absolute Gasteiger partial charge is 0.226 e. The lowest BCUT2D eigenvalue weighted by Gasteiger charge is -2.27. The summed E-state index contributed by atoms with van der Waals surface area (Å²) in [7, 11) is 2.09. The van der Waals surface area contributed by atoms with E-state index in [1.54, 1.807) is 0 Å². The average molecular weight is 258 g/mol. The lowest BCUT2D eigenvalue weighted by atomic mass is 9.88. The third kappa shape index (κ3) is 2.52. The Morgan fingerprint density at radius 1 is 1.26 bits per heavy atom. The second-order valence-corrected chi connectivity index (χ2v) is 6.01. The molecule has 1 saturated heterocycles. The minimum absolute atomic E-state index is 0.166. The van der Waals surface area contributed by atoms with Gasteiger partial charge in [-0.2, -0.15) is 0 Å². The van der Waals surface area contributed by atoms with Crippen molar-refractivity contribution < 1.29 is 4.79 Å². The number of carbonyl (C=O) groups is 1. The predicted octanol–water partition coefficient (Wildman–Crippen LogP) is 2.23. The van der Waals surface area contributed by atoms with Crippen molar-refractivity contribution in [1.29, 1.82) is 0 Å². The van der Waals surface area contributed by atoms with E-state index < -0.39 is 0 Å². The van der Waals surface area contributed by atoms with Gasteiger partial charge in [0, 0.05) is 6.04 Å². The molecule has 1 aliphatic heterocycles. The standard InChI is InChI=1S/C16H22N2O/c1-18-10-2-3-14(18)15(16(17)19)13-8-6-12(7-9-13)11-4-5-11/h6-9,11,14-15H,2-5,10H2,1H3,(H2,17,19)/t14-,15-/m0/s1. The first-order valence-corrected chi connectivity index (χ1v) is 7.26. The molecular weight excluding hydrogens is 236 g/mol. The van der Waals surface area contributed by atoms with Crippen LogP contribution in [0.3, 0.4) is 0 Å². The summed E-state index contributed by atoms with van der Waals surface area (Å²) in [4.78, 5) is 14.1. The van der Waals surface area contributed by atoms with Gasteiger partial charge in [0.05, 0.1) is 5.92 Å². The van der Waals surface area contributed by atoms with Crippen molar-refractivity contribution >= 4 is 5.91 Å². The van der Waals surface area contributed by atoms with Gasteiger partial charge in [-0.15, -0.1) is 0 Å². The summed E-state index contributed by atoms with van der Waals surface area (Å²) in [6.07, 6.45) is 4.84. The van der Waals surface area contributed by atoms with Crippen LogP contribution in [0.25, 0.3) is 0 Å². The van der Waals surface area contributed by atoms with Gasteiger partial charge in [-0.25, -0.2) is 0 Å². The molecule has 1 heterocycles. The van der Waals surface area contributed by atoms with E-state index in [4.69, 9.17) is 5.73 Å². The van der Waals surface area contributed by atoms with Crippen LogP contribution in [0.1, 0.15) is 48.6 Å². The minimum Gasteiger partial charge on any atom is -0.369 e. The van der Waals surface area contributed by atoms with E-state index in [2.05, 4.69) is 36.2 Å². The van der Waals surface area contributed by atoms with Gasteiger partial charge in [0.15, 0.2) is 0 Å². The number of primary amides is 1. The maximum atomic E-state index is 11.9. The van der Waals surface area contributed by atoms with Crippen LogP contribution >= 0.6 is 0 Å². The molecule has 1 aromatic carbocycles. The average Bonchev–Trinajstić information content (AvgIpc) is 3.15. The van der Waals surface area contributed by atoms with Crippen LogP contribution in [-0.4, -0.2) is 30.4 Å². The van der Waals surface area contributed by atoms with Crippen LogP contribution in [0.5, 0.6) is 0 Å². The number of likely N-dealkylation sites (tertiary alicyclic amines) is 1. The van der Waals surface area contributed by atoms with Crippen molar-refractivity contribution in [2.24, 2.45) is 5.73 Å². The van der Waals surface area contributed by atoms with Gasteiger partial charge in [0.1, 0.15) is 0 Å². The molecule has 2 N–H and O–H groups in total. The zero-order valence-electron chi connectivity index (χ0n) is 11.5. The normalized spacial score (nSPS) is 25.4. The molecular formula is C16H22N2O. The summed E-state index contributed by atoms with van der Waals surface area (Å²) in [6, 6.07) is 8.84. The topological polar surface area (TPSA) is 46.3 Å². The highest BCUT2D eigenvalue weighted by molar-refractivity contribution is 5.83. The van der Waals surface area contributed by atoms with Gasteiger partial charge in [0.25, 0.3) is 0 Å². The number of amides is 1. The van der Waals surface area contributed by atoms with E-state index in [0.29, 0.717) is 0 Å². The summed E-state index contributed by atoms with van der Waals surface area (Å²) in [5.41, 5.74) is 8.14. The van der Waals surface area contributed by atoms with Crippen molar-refractivity contribution in [3.8, 4) is 0 Å². The molecule has 0 spiro atoms. The Labute approximate surface area is 114 Å². The van der Waals surface area contributed by atoms with Crippen molar-refractivity contribution in [3.63, 3.8) is 0 Å². The summed E-state index contributed by atoms with van der Waals surface area (Å²) in [5, 5.41) is 0. The molecule has 102 valence electrons. The summed E-state index contributed by atoms with van der Waals surface area (Å²) in [5.74, 6) is 0.397. The number of rotatable bonds is 4. The van der Waals surface area contributed by atoms with Crippen LogP contribution in [-0.2, 0) is 4.79 Å². The first-order valence-electron chi connectivity index (χ1n) is 7.26. The van der Waals surface area contributed by atoms with Gasteiger partial charge in [-0.05, 0) is 56.3 Å². The fraction of sp³-hybridized carbons (Fsp3) is 0.562. The Kier molecular flexibility index (Phi) is 3.31. The van der Waals surface area contributed by atoms with Gasteiger partial charge >= 0.3 is 0 Å². The van der Waals surface area contributed by atoms with E-state index >= 15 is 0 Å². The van der Waals surface area contributed by atoms with Crippen LogP contribution in [0, 0.1) is 0 Å². The molecule has 3 rings (SSSR count). The van der Waals surface area contributed by atoms with Crippen LogP contribution < -0.4 is 5.73 Å². The van der Waals surface area contributed by atoms with E-state index in [9.17, 15) is 4.79 Å². The first-order chi connectivity index (χ1) is 9.16. The molecule has 2 aliphatic rings. The van der Waals surface area contributed by atoms with Crippen molar-refractivity contribution in [2.45, 2.75) is 43.6 Å². The Balaban J connectivity index is 1.84. The molecule has 1 aliphatic carbocycles. The Bertz CT molecular complexity index is 464. The minimum atomic E-state index is -0.196. The number of nitrogens with two attached hydrogens (primary N) is 1. The number of hydrogen-bond donors (Lipinski definition) is 1. The van der Waals surface area contributed by atoms with Crippen LogP contribution in [0.4, 0.5) is 0 Å². The third-order valence-electron chi connectivity index (χ3n) is 4.61. The van der Waals surface area contributed by atoms with Crippen molar-refractivity contribution in [2.75, 3.05) is 13.6 Å². The fourth-order valence-electron chi connectivity index (χ4n) is 3.33. The number of benzene rings is 1. The summed E-state index contributed by atoms with van der Waals surface area (Å²) >= 11 is 0. The summed E-state index contributed by atoms with van der Waals surface area (Å²) < 4.78 is 0. The zero-order valence-corrected chi connectivity index (χ0v) is 11.5. The van der Waals surface area contributed by atoms with E-state index in [-0.39, 0.29) is 17.9 Å². The quantitative estimate of drug-likeness (QED) is 0.900. The SMILES string of the molecule is CN1CCC[C@H]1[C@@H](C(N)=O)c1ccc(C2CC2)cc1. The van der Waals surface area contributed by atoms with E-state index in [0.717, 1.165) is 30.9 Å². The third-order valence-corrected chi connectivity index (χ3v) is 4.61. The lowest BCUT2D eigenvalue weighted by molar-refractivity contribution is -0.120. The molecule has 1 saturated carbocycles. The Morgan fingerprint density at radius 3 is 2.42 bits per heavy atom. The molecule has 2 fully saturated rings. The molecule has 1 aromatic rings. The predicted molar refractivity (Wildman–Crippen MR) is 76.0 cm³/mol. The van der Waals surface area contributed by atoms with E-state index in [1.807, 2.05) is 0 Å². The number of nitrogens with zero attached hydrogens (tertiary/aromatic N) is 1. The van der Waals surface area contributed by atoms with Crippen LogP contribution in [0.2, 0.25) is 0 Å². The second-order valence-electron chi connectivity index (χ2n) is 6.01. The highest BCUT2D eigenvalue weighted by Gasteiger charge is 2.34. The molecule has 1 amide bonds. The molecule has 0 unspecified atom stereocenters. The van der Waals surface area contributed by atoms with Gasteiger partial charge < -0.3 is 10.6 Å². The molecule has 0 aromatic heterocycles. The molecule has 3 nitrogen and oxygen atoms in total. The number of carbonyl (C=O) groups excluding carboxylic acids is 1. The van der Waals surface area contributed by atoms with Gasteiger partial charge in [0.2, 0.25) is 5.91 Å². The fourth-order valence-corrected chi connectivity index (χ4v) is 3.33. The highest BCUT2D eigenvalue weighted by atomic mass is 16.1. The number of hydrogen-bond acceptors (Lipinski definition) is 2. The van der Waals surface area contributed by atoms with Crippen molar-refractivity contribution in [1.82, 2.24) is 4.90 Å². The van der Waals surface area contributed by atoms with E-state index in [1.165, 1.54) is 18.4 Å². The lowest BCUT2D eigenvalue weighted by Crippen LogP contribution is -2.38. The maximum absolute atomic E-state index is 11.9. The largest absolute Gasteiger partial charge is 0.369 e. The first kappa shape index (κ1) is 12.7. The van der Waals surface area contributed by atoms with Gasteiger partial charge in [-0.3, -0.25) is 4.79 Å². The molecule has 0 bridgehead atoms. The maximum Gasteiger partial charge on any atom is 0.226 e. The number of likely N-dealkylation sites (N-methyl/N-ethyl adjacent to an activating group) is 1. The second kappa shape index (κ2) is 4.97. The van der Waals surface area contributed by atoms with Crippen LogP contribution in [0.15, 0.2) is 24.3 Å². The van der Waals surface area contributed by atoms with Crippen molar-refractivity contribution in [3.05, 3.63) is 35.4 Å². The molecule has 3 heteroatoms. The monoisotopic (exact) mass is 258 g/mol. The Morgan fingerprint density at radius 2 is 1.95 bits per heavy atom. The highest BCUT2D eigenvalue weighted by Crippen LogP contribution is 2.40. The zero-order chi connectivity index (χ0) is 13.4.